The second kappa shape index (κ2) is 12.6. The van der Waals surface area contributed by atoms with Crippen molar-refractivity contribution < 1.29 is 23.4 Å². The largest absolute Gasteiger partial charge is 0.405 e. The van der Waals surface area contributed by atoms with Gasteiger partial charge in [0.15, 0.2) is 6.29 Å². The molecule has 0 N–H and O–H groups in total. The Morgan fingerprint density at radius 3 is 1.52 bits per heavy atom. The van der Waals surface area contributed by atoms with Gasteiger partial charge in [-0.3, -0.25) is 0 Å². The molecule has 0 saturated carbocycles. The van der Waals surface area contributed by atoms with E-state index in [1.54, 1.807) is 0 Å². The van der Waals surface area contributed by atoms with Gasteiger partial charge in [-0.05, 0) is 26.5 Å². The molecule has 2 heterocycles. The lowest BCUT2D eigenvalue weighted by molar-refractivity contribution is -0.185. The summed E-state index contributed by atoms with van der Waals surface area (Å²) in [6, 6.07) is 41.8. The third-order valence-electron chi connectivity index (χ3n) is 8.26. The highest BCUT2D eigenvalue weighted by Crippen LogP contribution is 2.41. The Hall–Kier alpha value is -3.10. The van der Waals surface area contributed by atoms with Crippen LogP contribution in [0.15, 0.2) is 121 Å². The topological polar surface area (TPSA) is 49.5 Å². The Morgan fingerprint density at radius 1 is 0.595 bits per heavy atom. The molecule has 6 heteroatoms. The Bertz CT molecular complexity index is 1360. The highest BCUT2D eigenvalue weighted by Gasteiger charge is 2.59. The van der Waals surface area contributed by atoms with E-state index in [9.17, 15) is 0 Å². The number of benzene rings is 4. The zero-order chi connectivity index (χ0) is 29.0. The summed E-state index contributed by atoms with van der Waals surface area (Å²) in [6.45, 7) is 8.16. The second-order valence-electron chi connectivity index (χ2n) is 12.1. The molecule has 4 aromatic carbocycles. The summed E-state index contributed by atoms with van der Waals surface area (Å²) >= 11 is 0. The van der Waals surface area contributed by atoms with E-state index in [1.807, 2.05) is 36.4 Å². The molecule has 6 rings (SSSR count). The molecule has 4 aromatic rings. The SMILES string of the molecule is CC(C)(C)[Si](OC[C@H]1O[C@@H]2O[C@@H]2[C@@H](OCc2ccccc2)[C@@H]1OCc1ccccc1)(c1ccccc1)c1ccccc1. The molecule has 0 bridgehead atoms. The third-order valence-corrected chi connectivity index (χ3v) is 13.3. The van der Waals surface area contributed by atoms with Crippen LogP contribution in [-0.2, 0) is 36.6 Å². The van der Waals surface area contributed by atoms with Crippen molar-refractivity contribution >= 4 is 18.7 Å². The summed E-state index contributed by atoms with van der Waals surface area (Å²) in [4.78, 5) is 0. The maximum Gasteiger partial charge on any atom is 0.261 e. The van der Waals surface area contributed by atoms with Gasteiger partial charge < -0.3 is 23.4 Å². The zero-order valence-electron chi connectivity index (χ0n) is 24.6. The minimum atomic E-state index is -2.77. The number of epoxide rings is 1. The van der Waals surface area contributed by atoms with Gasteiger partial charge in [-0.2, -0.15) is 0 Å². The van der Waals surface area contributed by atoms with E-state index in [0.717, 1.165) is 11.1 Å². The smallest absolute Gasteiger partial charge is 0.261 e. The van der Waals surface area contributed by atoms with Crippen molar-refractivity contribution in [3.05, 3.63) is 132 Å². The van der Waals surface area contributed by atoms with Gasteiger partial charge in [-0.15, -0.1) is 0 Å². The van der Waals surface area contributed by atoms with Crippen LogP contribution in [0.5, 0.6) is 0 Å². The molecule has 5 atom stereocenters. The highest BCUT2D eigenvalue weighted by molar-refractivity contribution is 6.99. The summed E-state index contributed by atoms with van der Waals surface area (Å²) in [5, 5.41) is 2.32. The van der Waals surface area contributed by atoms with Crippen LogP contribution in [0.2, 0.25) is 5.04 Å². The van der Waals surface area contributed by atoms with Crippen LogP contribution in [0.1, 0.15) is 31.9 Å². The van der Waals surface area contributed by atoms with Gasteiger partial charge in [-0.25, -0.2) is 0 Å². The Kier molecular flexibility index (Phi) is 8.72. The number of rotatable bonds is 11. The number of fused-ring (bicyclic) bond motifs is 1. The molecule has 2 fully saturated rings. The lowest BCUT2D eigenvalue weighted by atomic mass is 10.0. The number of hydrogen-bond acceptors (Lipinski definition) is 5. The molecule has 0 spiro atoms. The van der Waals surface area contributed by atoms with Crippen LogP contribution in [0.25, 0.3) is 0 Å². The summed E-state index contributed by atoms with van der Waals surface area (Å²) in [7, 11) is -2.77. The first-order valence-corrected chi connectivity index (χ1v) is 16.7. The van der Waals surface area contributed by atoms with Gasteiger partial charge in [0.2, 0.25) is 0 Å². The quantitative estimate of drug-likeness (QED) is 0.164. The van der Waals surface area contributed by atoms with E-state index in [2.05, 4.69) is 106 Å². The maximum atomic E-state index is 7.29. The van der Waals surface area contributed by atoms with Crippen molar-refractivity contribution in [2.45, 2.75) is 69.7 Å². The fraction of sp³-hybridized carbons (Fsp3) is 0.333. The van der Waals surface area contributed by atoms with E-state index >= 15 is 0 Å². The minimum absolute atomic E-state index is 0.146. The van der Waals surface area contributed by atoms with Gasteiger partial charge in [0, 0.05) is 0 Å². The monoisotopic (exact) mass is 580 g/mol. The number of hydrogen-bond donors (Lipinski definition) is 0. The molecule has 218 valence electrons. The summed E-state index contributed by atoms with van der Waals surface area (Å²) in [5.41, 5.74) is 2.22. The predicted octanol–water partition coefficient (Wildman–Crippen LogP) is 5.86. The van der Waals surface area contributed by atoms with E-state index in [4.69, 9.17) is 23.4 Å². The molecule has 2 saturated heterocycles. The van der Waals surface area contributed by atoms with E-state index < -0.39 is 8.32 Å². The number of ether oxygens (including phenoxy) is 4. The first-order valence-electron chi connectivity index (χ1n) is 14.8. The molecular weight excluding hydrogens is 540 g/mol. The average Bonchev–Trinajstić information content (AvgIpc) is 3.80. The summed E-state index contributed by atoms with van der Waals surface area (Å²) < 4.78 is 33.0. The average molecular weight is 581 g/mol. The molecule has 42 heavy (non-hydrogen) atoms. The molecule has 2 aliphatic heterocycles. The van der Waals surface area contributed by atoms with Crippen LogP contribution in [0, 0.1) is 0 Å². The molecule has 0 unspecified atom stereocenters. The van der Waals surface area contributed by atoms with Gasteiger partial charge in [-0.1, -0.05) is 142 Å². The van der Waals surface area contributed by atoms with E-state index in [1.165, 1.54) is 10.4 Å². The fourth-order valence-corrected chi connectivity index (χ4v) is 10.7. The Labute approximate surface area is 250 Å². The van der Waals surface area contributed by atoms with E-state index in [-0.39, 0.29) is 35.7 Å². The zero-order valence-corrected chi connectivity index (χ0v) is 25.6. The minimum Gasteiger partial charge on any atom is -0.405 e. The van der Waals surface area contributed by atoms with Crippen molar-refractivity contribution in [1.82, 2.24) is 0 Å². The van der Waals surface area contributed by atoms with Crippen molar-refractivity contribution in [1.29, 1.82) is 0 Å². The van der Waals surface area contributed by atoms with Crippen LogP contribution in [0.4, 0.5) is 0 Å². The van der Waals surface area contributed by atoms with Crippen molar-refractivity contribution in [2.75, 3.05) is 6.61 Å². The van der Waals surface area contributed by atoms with Gasteiger partial charge >= 0.3 is 0 Å². The van der Waals surface area contributed by atoms with Crippen molar-refractivity contribution in [3.63, 3.8) is 0 Å². The van der Waals surface area contributed by atoms with E-state index in [0.29, 0.717) is 19.8 Å². The molecule has 0 aromatic heterocycles. The van der Waals surface area contributed by atoms with Crippen LogP contribution < -0.4 is 10.4 Å². The maximum absolute atomic E-state index is 7.29. The Balaban J connectivity index is 1.30. The standard InChI is InChI=1S/C36H40O5Si/c1-36(2,3)42(29-20-12-6-13-21-29,30-22-14-7-15-23-30)39-26-31-32(37-24-27-16-8-4-9-17-27)33(34-35(40-31)41-34)38-25-28-18-10-5-11-19-28/h4-23,31-35H,24-26H2,1-3H3/t31-,32-,33+,34-,35-/m1/s1. The lowest BCUT2D eigenvalue weighted by Crippen LogP contribution is -2.67. The van der Waals surface area contributed by atoms with Crippen molar-refractivity contribution in [3.8, 4) is 0 Å². The third kappa shape index (κ3) is 6.15. The fourth-order valence-electron chi connectivity index (χ4n) is 6.13. The van der Waals surface area contributed by atoms with Crippen LogP contribution >= 0.6 is 0 Å². The van der Waals surface area contributed by atoms with Crippen LogP contribution in [0.3, 0.4) is 0 Å². The van der Waals surface area contributed by atoms with Crippen molar-refractivity contribution in [2.24, 2.45) is 0 Å². The lowest BCUT2D eigenvalue weighted by Gasteiger charge is -2.44. The van der Waals surface area contributed by atoms with Gasteiger partial charge in [0.05, 0.1) is 19.8 Å². The highest BCUT2D eigenvalue weighted by atomic mass is 28.4. The first-order chi connectivity index (χ1) is 20.5. The molecule has 0 radical (unpaired) electrons. The molecule has 0 aliphatic carbocycles. The first kappa shape index (κ1) is 29.0. The summed E-state index contributed by atoms with van der Waals surface area (Å²) in [5.74, 6) is 0. The van der Waals surface area contributed by atoms with Gasteiger partial charge in [0.1, 0.15) is 24.4 Å². The predicted molar refractivity (Wildman–Crippen MR) is 167 cm³/mol. The Morgan fingerprint density at radius 2 is 1.05 bits per heavy atom. The second-order valence-corrected chi connectivity index (χ2v) is 16.4. The van der Waals surface area contributed by atoms with Crippen LogP contribution in [-0.4, -0.2) is 45.6 Å². The molecule has 0 amide bonds. The normalized spacial score (nSPS) is 23.7. The molecule has 2 aliphatic rings. The summed E-state index contributed by atoms with van der Waals surface area (Å²) in [6.07, 6.45) is -1.47. The molecular formula is C36H40O5Si. The van der Waals surface area contributed by atoms with Gasteiger partial charge in [0.25, 0.3) is 8.32 Å². The molecule has 5 nitrogen and oxygen atoms in total.